The molecule has 1 aromatic heterocycles. The number of amides is 1. The van der Waals surface area contributed by atoms with Gasteiger partial charge in [-0.1, -0.05) is 13.8 Å². The third kappa shape index (κ3) is 3.79. The molecule has 0 spiro atoms. The van der Waals surface area contributed by atoms with Crippen LogP contribution in [0.2, 0.25) is 0 Å². The Hall–Kier alpha value is -1.73. The maximum absolute atomic E-state index is 12.4. The normalized spacial score (nSPS) is 21.6. The largest absolute Gasteiger partial charge is 0.380 e. The van der Waals surface area contributed by atoms with E-state index in [4.69, 9.17) is 4.74 Å². The van der Waals surface area contributed by atoms with Crippen LogP contribution >= 0.6 is 0 Å². The number of rotatable bonds is 6. The molecule has 1 aliphatic heterocycles. The van der Waals surface area contributed by atoms with Crippen LogP contribution in [0.1, 0.15) is 37.1 Å². The Morgan fingerprint density at radius 3 is 2.70 bits per heavy atom. The lowest BCUT2D eigenvalue weighted by Gasteiger charge is -2.18. The molecular weight excluding hydrogens is 296 g/mol. The molecule has 0 unspecified atom stereocenters. The zero-order chi connectivity index (χ0) is 17.0. The number of H-pyrrole nitrogens is 1. The van der Waals surface area contributed by atoms with Crippen LogP contribution < -0.4 is 10.9 Å². The minimum Gasteiger partial charge on any atom is -0.380 e. The molecule has 0 saturated carbocycles. The van der Waals surface area contributed by atoms with Gasteiger partial charge in [0.05, 0.1) is 17.8 Å². The number of methoxy groups -OCH3 is 1. The fourth-order valence-electron chi connectivity index (χ4n) is 3.18. The minimum absolute atomic E-state index is 0.0663. The van der Waals surface area contributed by atoms with Crippen LogP contribution in [0.4, 0.5) is 0 Å². The summed E-state index contributed by atoms with van der Waals surface area (Å²) in [6, 6.07) is -0.211. The van der Waals surface area contributed by atoms with E-state index in [1.807, 2.05) is 25.8 Å². The second kappa shape index (κ2) is 7.70. The molecule has 1 amide bonds. The first kappa shape index (κ1) is 17.6. The summed E-state index contributed by atoms with van der Waals surface area (Å²) in [5.74, 6) is -0.0663. The van der Waals surface area contributed by atoms with Gasteiger partial charge in [-0.3, -0.25) is 14.5 Å². The quantitative estimate of drug-likeness (QED) is 0.783. The summed E-state index contributed by atoms with van der Waals surface area (Å²) in [7, 11) is 3.57. The van der Waals surface area contributed by atoms with Gasteiger partial charge in [-0.25, -0.2) is 5.10 Å². The van der Waals surface area contributed by atoms with Crippen LogP contribution in [0.3, 0.4) is 0 Å². The number of nitrogens with zero attached hydrogens (tertiary/aromatic N) is 2. The predicted octanol–water partition coefficient (Wildman–Crippen LogP) is 0.230. The number of hydrogen-bond acceptors (Lipinski definition) is 5. The summed E-state index contributed by atoms with van der Waals surface area (Å²) in [4.78, 5) is 26.5. The Bertz CT molecular complexity index is 614. The smallest absolute Gasteiger partial charge is 0.269 e. The van der Waals surface area contributed by atoms with Crippen LogP contribution in [0.15, 0.2) is 4.79 Å². The molecule has 128 valence electrons. The SMILES string of the molecule is CCc1n[nH]c(=O)c(CNC(=O)[C@@H]2C[C@H](OC)CN2C)c1CC. The van der Waals surface area contributed by atoms with Crippen LogP contribution in [0.5, 0.6) is 0 Å². The Kier molecular flexibility index (Phi) is 5.90. The Labute approximate surface area is 136 Å². The first-order valence-electron chi connectivity index (χ1n) is 8.11. The average molecular weight is 322 g/mol. The van der Waals surface area contributed by atoms with Crippen LogP contribution in [0, 0.1) is 0 Å². The third-order valence-corrected chi connectivity index (χ3v) is 4.55. The maximum Gasteiger partial charge on any atom is 0.269 e. The van der Waals surface area contributed by atoms with Crippen molar-refractivity contribution in [2.24, 2.45) is 0 Å². The van der Waals surface area contributed by atoms with Gasteiger partial charge in [0.25, 0.3) is 5.56 Å². The number of aryl methyl sites for hydroxylation is 1. The molecule has 1 fully saturated rings. The van der Waals surface area contributed by atoms with E-state index < -0.39 is 0 Å². The van der Waals surface area contributed by atoms with Crippen molar-refractivity contribution in [1.82, 2.24) is 20.4 Å². The summed E-state index contributed by atoms with van der Waals surface area (Å²) in [6.07, 6.45) is 2.23. The summed E-state index contributed by atoms with van der Waals surface area (Å²) in [6.45, 7) is 4.97. The van der Waals surface area contributed by atoms with Gasteiger partial charge in [0.15, 0.2) is 0 Å². The van der Waals surface area contributed by atoms with E-state index in [-0.39, 0.29) is 30.2 Å². The first-order chi connectivity index (χ1) is 11.0. The molecule has 1 saturated heterocycles. The summed E-state index contributed by atoms with van der Waals surface area (Å²) in [5.41, 5.74) is 2.20. The molecule has 7 nitrogen and oxygen atoms in total. The maximum atomic E-state index is 12.4. The second-order valence-corrected chi connectivity index (χ2v) is 5.93. The van der Waals surface area contributed by atoms with Crippen molar-refractivity contribution in [1.29, 1.82) is 0 Å². The monoisotopic (exact) mass is 322 g/mol. The molecule has 2 rings (SSSR count). The van der Waals surface area contributed by atoms with Crippen molar-refractivity contribution in [2.45, 2.75) is 51.8 Å². The van der Waals surface area contributed by atoms with E-state index in [1.165, 1.54) is 0 Å². The molecule has 1 aliphatic rings. The number of ether oxygens (including phenoxy) is 1. The summed E-state index contributed by atoms with van der Waals surface area (Å²) < 4.78 is 5.33. The van der Waals surface area contributed by atoms with E-state index in [1.54, 1.807) is 7.11 Å². The second-order valence-electron chi connectivity index (χ2n) is 5.93. The van der Waals surface area contributed by atoms with Gasteiger partial charge in [-0.2, -0.15) is 5.10 Å². The molecule has 2 atom stereocenters. The zero-order valence-electron chi connectivity index (χ0n) is 14.3. The van der Waals surface area contributed by atoms with E-state index in [2.05, 4.69) is 15.5 Å². The first-order valence-corrected chi connectivity index (χ1v) is 8.11. The highest BCUT2D eigenvalue weighted by Gasteiger charge is 2.34. The average Bonchev–Trinajstić information content (AvgIpc) is 2.94. The van der Waals surface area contributed by atoms with Gasteiger partial charge < -0.3 is 10.1 Å². The number of likely N-dealkylation sites (tertiary alicyclic amines) is 1. The van der Waals surface area contributed by atoms with Crippen molar-refractivity contribution in [3.63, 3.8) is 0 Å². The molecule has 2 heterocycles. The molecule has 2 N–H and O–H groups in total. The Morgan fingerprint density at radius 2 is 2.13 bits per heavy atom. The van der Waals surface area contributed by atoms with Crippen LogP contribution in [-0.2, 0) is 28.9 Å². The third-order valence-electron chi connectivity index (χ3n) is 4.55. The molecule has 0 aliphatic carbocycles. The summed E-state index contributed by atoms with van der Waals surface area (Å²) in [5, 5.41) is 9.51. The van der Waals surface area contributed by atoms with Gasteiger partial charge in [0.2, 0.25) is 5.91 Å². The number of carbonyl (C=O) groups is 1. The molecule has 0 radical (unpaired) electrons. The van der Waals surface area contributed by atoms with Gasteiger partial charge in [-0.15, -0.1) is 0 Å². The van der Waals surface area contributed by atoms with Crippen molar-refractivity contribution < 1.29 is 9.53 Å². The number of likely N-dealkylation sites (N-methyl/N-ethyl adjacent to an activating group) is 1. The lowest BCUT2D eigenvalue weighted by atomic mass is 10.0. The highest BCUT2D eigenvalue weighted by atomic mass is 16.5. The fourth-order valence-corrected chi connectivity index (χ4v) is 3.18. The van der Waals surface area contributed by atoms with E-state index >= 15 is 0 Å². The number of nitrogens with one attached hydrogen (secondary N) is 2. The molecule has 7 heteroatoms. The van der Waals surface area contributed by atoms with Crippen molar-refractivity contribution in [3.8, 4) is 0 Å². The summed E-state index contributed by atoms with van der Waals surface area (Å²) >= 11 is 0. The van der Waals surface area contributed by atoms with Gasteiger partial charge in [0, 0.05) is 25.8 Å². The zero-order valence-corrected chi connectivity index (χ0v) is 14.3. The van der Waals surface area contributed by atoms with Crippen molar-refractivity contribution >= 4 is 5.91 Å². The number of carbonyl (C=O) groups excluding carboxylic acids is 1. The number of hydrogen-bond donors (Lipinski definition) is 2. The van der Waals surface area contributed by atoms with E-state index in [0.717, 1.165) is 30.6 Å². The van der Waals surface area contributed by atoms with Gasteiger partial charge in [0.1, 0.15) is 0 Å². The molecular formula is C16H26N4O3. The molecule has 1 aromatic rings. The topological polar surface area (TPSA) is 87.3 Å². The number of aromatic amines is 1. The Balaban J connectivity index is 2.09. The van der Waals surface area contributed by atoms with Crippen molar-refractivity contribution in [3.05, 3.63) is 27.2 Å². The fraction of sp³-hybridized carbons (Fsp3) is 0.688. The predicted molar refractivity (Wildman–Crippen MR) is 87.3 cm³/mol. The lowest BCUT2D eigenvalue weighted by molar-refractivity contribution is -0.125. The van der Waals surface area contributed by atoms with Crippen molar-refractivity contribution in [2.75, 3.05) is 20.7 Å². The number of aromatic nitrogens is 2. The lowest BCUT2D eigenvalue weighted by Crippen LogP contribution is -2.42. The van der Waals surface area contributed by atoms with Gasteiger partial charge in [-0.05, 0) is 31.9 Å². The van der Waals surface area contributed by atoms with Crippen LogP contribution in [0.25, 0.3) is 0 Å². The molecule has 0 aromatic carbocycles. The minimum atomic E-state index is -0.228. The molecule has 23 heavy (non-hydrogen) atoms. The Morgan fingerprint density at radius 1 is 1.39 bits per heavy atom. The van der Waals surface area contributed by atoms with E-state index in [9.17, 15) is 9.59 Å². The highest BCUT2D eigenvalue weighted by molar-refractivity contribution is 5.82. The highest BCUT2D eigenvalue weighted by Crippen LogP contribution is 2.18. The molecule has 0 bridgehead atoms. The van der Waals surface area contributed by atoms with Crippen LogP contribution in [-0.4, -0.2) is 53.9 Å². The van der Waals surface area contributed by atoms with Gasteiger partial charge >= 0.3 is 0 Å². The van der Waals surface area contributed by atoms with E-state index in [0.29, 0.717) is 12.0 Å². The standard InChI is InChI=1S/C16H26N4O3/c1-5-11-12(15(21)19-18-13(11)6-2)8-17-16(22)14-7-10(23-4)9-20(14)3/h10,14H,5-9H2,1-4H3,(H,17,22)(H,19,21)/t10-,14-/m0/s1.